The van der Waals surface area contributed by atoms with Crippen molar-refractivity contribution in [2.75, 3.05) is 0 Å². The predicted molar refractivity (Wildman–Crippen MR) is 60.3 cm³/mol. The molecule has 0 spiro atoms. The lowest BCUT2D eigenvalue weighted by Crippen LogP contribution is -2.02. The lowest BCUT2D eigenvalue weighted by atomic mass is 9.93. The molecule has 76 valence electrons. The summed E-state index contributed by atoms with van der Waals surface area (Å²) in [6.45, 7) is 7.92. The SMILES string of the molecule is C=CCC(O)c1ccccc1C(C)C. The van der Waals surface area contributed by atoms with Gasteiger partial charge in [-0.25, -0.2) is 0 Å². The van der Waals surface area contributed by atoms with Crippen molar-refractivity contribution in [3.05, 3.63) is 48.0 Å². The van der Waals surface area contributed by atoms with Crippen LogP contribution in [0.1, 0.15) is 43.4 Å². The summed E-state index contributed by atoms with van der Waals surface area (Å²) in [5.74, 6) is 0.450. The Hall–Kier alpha value is -1.08. The number of rotatable bonds is 4. The van der Waals surface area contributed by atoms with E-state index in [0.29, 0.717) is 12.3 Å². The van der Waals surface area contributed by atoms with Crippen LogP contribution in [-0.4, -0.2) is 5.11 Å². The summed E-state index contributed by atoms with van der Waals surface area (Å²) in [6.07, 6.45) is 1.96. The monoisotopic (exact) mass is 190 g/mol. The topological polar surface area (TPSA) is 20.2 Å². The lowest BCUT2D eigenvalue weighted by Gasteiger charge is -2.16. The van der Waals surface area contributed by atoms with E-state index in [-0.39, 0.29) is 0 Å². The van der Waals surface area contributed by atoms with Crippen LogP contribution >= 0.6 is 0 Å². The van der Waals surface area contributed by atoms with Gasteiger partial charge in [0.1, 0.15) is 0 Å². The molecule has 0 amide bonds. The molecule has 1 aromatic rings. The van der Waals surface area contributed by atoms with E-state index in [0.717, 1.165) is 5.56 Å². The van der Waals surface area contributed by atoms with E-state index >= 15 is 0 Å². The summed E-state index contributed by atoms with van der Waals surface area (Å²) in [6, 6.07) is 8.04. The third-order valence-corrected chi connectivity index (χ3v) is 2.37. The van der Waals surface area contributed by atoms with Gasteiger partial charge in [-0.1, -0.05) is 44.2 Å². The Labute approximate surface area is 86.1 Å². The molecular formula is C13H18O. The van der Waals surface area contributed by atoms with E-state index in [1.165, 1.54) is 5.56 Å². The molecule has 1 unspecified atom stereocenters. The van der Waals surface area contributed by atoms with Crippen LogP contribution in [0, 0.1) is 0 Å². The van der Waals surface area contributed by atoms with Crippen LogP contribution in [0.5, 0.6) is 0 Å². The minimum atomic E-state index is -0.411. The van der Waals surface area contributed by atoms with Crippen LogP contribution in [0.3, 0.4) is 0 Å². The molecule has 1 nitrogen and oxygen atoms in total. The molecule has 0 heterocycles. The third kappa shape index (κ3) is 2.46. The molecule has 0 aliphatic rings. The average molecular weight is 190 g/mol. The van der Waals surface area contributed by atoms with Crippen LogP contribution in [0.15, 0.2) is 36.9 Å². The number of hydrogen-bond donors (Lipinski definition) is 1. The molecule has 0 aliphatic heterocycles. The van der Waals surface area contributed by atoms with E-state index in [1.54, 1.807) is 6.08 Å². The van der Waals surface area contributed by atoms with Crippen LogP contribution in [-0.2, 0) is 0 Å². The summed E-state index contributed by atoms with van der Waals surface area (Å²) in [5, 5.41) is 9.88. The second kappa shape index (κ2) is 4.97. The molecule has 0 aliphatic carbocycles. The highest BCUT2D eigenvalue weighted by Crippen LogP contribution is 2.26. The summed E-state index contributed by atoms with van der Waals surface area (Å²) >= 11 is 0. The molecule has 0 aromatic heterocycles. The first kappa shape index (κ1) is 11.0. The standard InChI is InChI=1S/C13H18O/c1-4-7-13(14)12-9-6-5-8-11(12)10(2)3/h4-6,8-10,13-14H,1,7H2,2-3H3. The van der Waals surface area contributed by atoms with Crippen molar-refractivity contribution in [2.24, 2.45) is 0 Å². The fourth-order valence-corrected chi connectivity index (χ4v) is 1.62. The van der Waals surface area contributed by atoms with Crippen molar-refractivity contribution in [3.63, 3.8) is 0 Å². The molecule has 1 N–H and O–H groups in total. The van der Waals surface area contributed by atoms with Crippen LogP contribution in [0.4, 0.5) is 0 Å². The Kier molecular flexibility index (Phi) is 3.90. The van der Waals surface area contributed by atoms with E-state index < -0.39 is 6.10 Å². The number of benzene rings is 1. The Morgan fingerprint density at radius 3 is 2.36 bits per heavy atom. The predicted octanol–water partition coefficient (Wildman–Crippen LogP) is 3.42. The van der Waals surface area contributed by atoms with Gasteiger partial charge in [-0.3, -0.25) is 0 Å². The molecule has 0 saturated carbocycles. The first-order chi connectivity index (χ1) is 6.66. The number of aliphatic hydroxyl groups excluding tert-OH is 1. The van der Waals surface area contributed by atoms with Gasteiger partial charge >= 0.3 is 0 Å². The number of hydrogen-bond acceptors (Lipinski definition) is 1. The Morgan fingerprint density at radius 1 is 1.29 bits per heavy atom. The maximum absolute atomic E-state index is 9.88. The van der Waals surface area contributed by atoms with E-state index in [2.05, 4.69) is 26.5 Å². The Balaban J connectivity index is 2.99. The van der Waals surface area contributed by atoms with Crippen LogP contribution < -0.4 is 0 Å². The van der Waals surface area contributed by atoms with Crippen molar-refractivity contribution >= 4 is 0 Å². The molecule has 14 heavy (non-hydrogen) atoms. The maximum Gasteiger partial charge on any atom is 0.0827 e. The lowest BCUT2D eigenvalue weighted by molar-refractivity contribution is 0.180. The number of aliphatic hydroxyl groups is 1. The minimum absolute atomic E-state index is 0.411. The van der Waals surface area contributed by atoms with Gasteiger partial charge in [-0.2, -0.15) is 0 Å². The zero-order valence-corrected chi connectivity index (χ0v) is 8.90. The first-order valence-corrected chi connectivity index (χ1v) is 5.04. The van der Waals surface area contributed by atoms with Gasteiger partial charge in [0.05, 0.1) is 6.10 Å². The quantitative estimate of drug-likeness (QED) is 0.721. The highest BCUT2D eigenvalue weighted by molar-refractivity contribution is 5.31. The zero-order chi connectivity index (χ0) is 10.6. The molecule has 0 fully saturated rings. The summed E-state index contributed by atoms with van der Waals surface area (Å²) < 4.78 is 0. The molecule has 1 atom stereocenters. The molecule has 0 radical (unpaired) electrons. The van der Waals surface area contributed by atoms with Gasteiger partial charge in [0, 0.05) is 0 Å². The van der Waals surface area contributed by atoms with Gasteiger partial charge < -0.3 is 5.11 Å². The second-order valence-corrected chi connectivity index (χ2v) is 3.82. The normalized spacial score (nSPS) is 12.9. The molecule has 1 aromatic carbocycles. The van der Waals surface area contributed by atoms with Crippen LogP contribution in [0.2, 0.25) is 0 Å². The molecule has 1 rings (SSSR count). The van der Waals surface area contributed by atoms with E-state index in [4.69, 9.17) is 0 Å². The fraction of sp³-hybridized carbons (Fsp3) is 0.385. The molecule has 0 saturated heterocycles. The van der Waals surface area contributed by atoms with Crippen LogP contribution in [0.25, 0.3) is 0 Å². The van der Waals surface area contributed by atoms with Crippen molar-refractivity contribution in [3.8, 4) is 0 Å². The average Bonchev–Trinajstić information content (AvgIpc) is 2.18. The molecule has 0 bridgehead atoms. The smallest absolute Gasteiger partial charge is 0.0827 e. The van der Waals surface area contributed by atoms with E-state index in [9.17, 15) is 5.11 Å². The van der Waals surface area contributed by atoms with E-state index in [1.807, 2.05) is 18.2 Å². The summed E-state index contributed by atoms with van der Waals surface area (Å²) in [5.41, 5.74) is 2.25. The maximum atomic E-state index is 9.88. The summed E-state index contributed by atoms with van der Waals surface area (Å²) in [7, 11) is 0. The second-order valence-electron chi connectivity index (χ2n) is 3.82. The largest absolute Gasteiger partial charge is 0.388 e. The van der Waals surface area contributed by atoms with Crippen molar-refractivity contribution in [1.82, 2.24) is 0 Å². The highest BCUT2D eigenvalue weighted by Gasteiger charge is 2.12. The highest BCUT2D eigenvalue weighted by atomic mass is 16.3. The zero-order valence-electron chi connectivity index (χ0n) is 8.90. The molecular weight excluding hydrogens is 172 g/mol. The Morgan fingerprint density at radius 2 is 1.86 bits per heavy atom. The van der Waals surface area contributed by atoms with Gasteiger partial charge in [-0.05, 0) is 23.5 Å². The molecule has 1 heteroatoms. The fourth-order valence-electron chi connectivity index (χ4n) is 1.62. The first-order valence-electron chi connectivity index (χ1n) is 5.04. The van der Waals surface area contributed by atoms with Gasteiger partial charge in [0.25, 0.3) is 0 Å². The third-order valence-electron chi connectivity index (χ3n) is 2.37. The van der Waals surface area contributed by atoms with Gasteiger partial charge in [-0.15, -0.1) is 6.58 Å². The van der Waals surface area contributed by atoms with Crippen molar-refractivity contribution in [1.29, 1.82) is 0 Å². The van der Waals surface area contributed by atoms with Gasteiger partial charge in [0.15, 0.2) is 0 Å². The summed E-state index contributed by atoms with van der Waals surface area (Å²) in [4.78, 5) is 0. The van der Waals surface area contributed by atoms with Crippen molar-refractivity contribution in [2.45, 2.75) is 32.3 Å². The van der Waals surface area contributed by atoms with Gasteiger partial charge in [0.2, 0.25) is 0 Å². The Bertz CT molecular complexity index is 302. The van der Waals surface area contributed by atoms with Crippen molar-refractivity contribution < 1.29 is 5.11 Å². The minimum Gasteiger partial charge on any atom is -0.388 e.